The van der Waals surface area contributed by atoms with Gasteiger partial charge in [0, 0.05) is 13.2 Å². The summed E-state index contributed by atoms with van der Waals surface area (Å²) in [6, 6.07) is 21.0. The largest absolute Gasteiger partial charge is 0.400 e. The van der Waals surface area contributed by atoms with E-state index in [1.54, 1.807) is 0 Å². The van der Waals surface area contributed by atoms with Crippen LogP contribution in [0.4, 0.5) is 0 Å². The van der Waals surface area contributed by atoms with Crippen LogP contribution in [0.2, 0.25) is 0 Å². The highest BCUT2D eigenvalue weighted by molar-refractivity contribution is 5.14. The molecule has 25 heavy (non-hydrogen) atoms. The monoisotopic (exact) mass is 343 g/mol. The van der Waals surface area contributed by atoms with E-state index in [-0.39, 0.29) is 0 Å². The second kappa shape index (κ2) is 11.8. The van der Waals surface area contributed by atoms with Gasteiger partial charge >= 0.3 is 0 Å². The van der Waals surface area contributed by atoms with Gasteiger partial charge in [0.25, 0.3) is 0 Å². The fourth-order valence-electron chi connectivity index (χ4n) is 3.01. The van der Waals surface area contributed by atoms with Gasteiger partial charge < -0.3 is 9.84 Å². The molecule has 0 amide bonds. The van der Waals surface area contributed by atoms with Crippen molar-refractivity contribution in [2.45, 2.75) is 51.0 Å². The highest BCUT2D eigenvalue weighted by Crippen LogP contribution is 2.22. The van der Waals surface area contributed by atoms with Crippen molar-refractivity contribution in [2.75, 3.05) is 7.11 Å². The van der Waals surface area contributed by atoms with Gasteiger partial charge in [0.05, 0.1) is 19.3 Å². The zero-order valence-corrected chi connectivity index (χ0v) is 14.9. The predicted octanol–water partition coefficient (Wildman–Crippen LogP) is 3.84. The Bertz CT molecular complexity index is 562. The molecular weight excluding hydrogens is 314 g/mol. The van der Waals surface area contributed by atoms with E-state index in [2.05, 4.69) is 41.9 Å². The van der Waals surface area contributed by atoms with Crippen molar-refractivity contribution < 1.29 is 14.7 Å². The molecule has 4 heteroatoms. The van der Waals surface area contributed by atoms with Crippen LogP contribution in [0.3, 0.4) is 0 Å². The van der Waals surface area contributed by atoms with Crippen molar-refractivity contribution in [3.8, 4) is 0 Å². The highest BCUT2D eigenvalue weighted by Gasteiger charge is 2.22. The van der Waals surface area contributed by atoms with Gasteiger partial charge in [-0.25, -0.2) is 0 Å². The number of hydrogen-bond donors (Lipinski definition) is 2. The minimum absolute atomic E-state index is 0.321. The Labute approximate surface area is 150 Å². The molecule has 4 nitrogen and oxygen atoms in total. The summed E-state index contributed by atoms with van der Waals surface area (Å²) in [5.74, 6) is 0. The standard InChI is InChI=1S/C20H25NO2.CH4O/c1-3-8-17(9-4-1)15-22-20-13-7-12-19(14-20)21-23-16-18-10-5-2-6-11-18;1-2/h1-6,8-11,19-21H,7,12-16H2;2H,1H3. The summed E-state index contributed by atoms with van der Waals surface area (Å²) >= 11 is 0. The lowest BCUT2D eigenvalue weighted by atomic mass is 9.93. The Balaban J connectivity index is 0.00000109. The number of aliphatic hydroxyl groups excluding tert-OH is 1. The van der Waals surface area contributed by atoms with Crippen molar-refractivity contribution in [2.24, 2.45) is 0 Å². The Kier molecular flexibility index (Phi) is 9.23. The molecule has 0 spiro atoms. The second-order valence-corrected chi connectivity index (χ2v) is 6.17. The fourth-order valence-corrected chi connectivity index (χ4v) is 3.01. The maximum Gasteiger partial charge on any atom is 0.0933 e. The predicted molar refractivity (Wildman–Crippen MR) is 99.8 cm³/mol. The van der Waals surface area contributed by atoms with Gasteiger partial charge in [-0.1, -0.05) is 60.7 Å². The van der Waals surface area contributed by atoms with Crippen LogP contribution in [-0.2, 0) is 22.8 Å². The second-order valence-electron chi connectivity index (χ2n) is 6.17. The average molecular weight is 343 g/mol. The van der Waals surface area contributed by atoms with Gasteiger partial charge in [0.2, 0.25) is 0 Å². The highest BCUT2D eigenvalue weighted by atomic mass is 16.6. The molecule has 0 heterocycles. The zero-order chi connectivity index (χ0) is 17.7. The van der Waals surface area contributed by atoms with E-state index in [4.69, 9.17) is 14.7 Å². The third-order valence-electron chi connectivity index (χ3n) is 4.29. The minimum atomic E-state index is 0.321. The Morgan fingerprint density at radius 1 is 0.880 bits per heavy atom. The molecule has 1 saturated carbocycles. The maximum atomic E-state index is 7.00. The first-order chi connectivity index (χ1) is 12.4. The van der Waals surface area contributed by atoms with Gasteiger partial charge in [-0.2, -0.15) is 5.48 Å². The van der Waals surface area contributed by atoms with Crippen LogP contribution < -0.4 is 5.48 Å². The van der Waals surface area contributed by atoms with E-state index in [9.17, 15) is 0 Å². The maximum absolute atomic E-state index is 7.00. The molecule has 2 unspecified atom stereocenters. The Morgan fingerprint density at radius 3 is 2.12 bits per heavy atom. The summed E-state index contributed by atoms with van der Waals surface area (Å²) < 4.78 is 6.07. The van der Waals surface area contributed by atoms with Crippen molar-refractivity contribution in [3.05, 3.63) is 71.8 Å². The number of nitrogens with one attached hydrogen (secondary N) is 1. The van der Waals surface area contributed by atoms with Crippen LogP contribution >= 0.6 is 0 Å². The lowest BCUT2D eigenvalue weighted by Crippen LogP contribution is -2.36. The normalized spacial score (nSPS) is 19.8. The number of hydrogen-bond acceptors (Lipinski definition) is 4. The van der Waals surface area contributed by atoms with Crippen molar-refractivity contribution in [1.29, 1.82) is 0 Å². The fraction of sp³-hybridized carbons (Fsp3) is 0.429. The minimum Gasteiger partial charge on any atom is -0.400 e. The molecule has 2 N–H and O–H groups in total. The van der Waals surface area contributed by atoms with Crippen LogP contribution in [0.25, 0.3) is 0 Å². The van der Waals surface area contributed by atoms with E-state index < -0.39 is 0 Å². The smallest absolute Gasteiger partial charge is 0.0933 e. The topological polar surface area (TPSA) is 50.7 Å². The van der Waals surface area contributed by atoms with Gasteiger partial charge in [-0.05, 0) is 36.8 Å². The molecule has 136 valence electrons. The summed E-state index contributed by atoms with van der Waals surface area (Å²) in [6.07, 6.45) is 4.82. The molecular formula is C21H29NO3. The van der Waals surface area contributed by atoms with Crippen LogP contribution in [-0.4, -0.2) is 24.4 Å². The first-order valence-electron chi connectivity index (χ1n) is 8.91. The molecule has 0 aromatic heterocycles. The molecule has 0 radical (unpaired) electrons. The van der Waals surface area contributed by atoms with E-state index in [0.717, 1.165) is 26.4 Å². The number of rotatable bonds is 7. The average Bonchev–Trinajstić information content (AvgIpc) is 2.70. The number of aliphatic hydroxyl groups is 1. The lowest BCUT2D eigenvalue weighted by Gasteiger charge is -2.29. The first kappa shape index (κ1) is 19.6. The molecule has 2 aromatic rings. The molecule has 2 aromatic carbocycles. The Morgan fingerprint density at radius 2 is 1.48 bits per heavy atom. The molecule has 1 aliphatic carbocycles. The summed E-state index contributed by atoms with van der Waals surface area (Å²) in [6.45, 7) is 1.30. The van der Waals surface area contributed by atoms with Crippen LogP contribution in [0.1, 0.15) is 36.8 Å². The summed E-state index contributed by atoms with van der Waals surface area (Å²) in [4.78, 5) is 5.66. The third kappa shape index (κ3) is 7.36. The van der Waals surface area contributed by atoms with Gasteiger partial charge in [0.15, 0.2) is 0 Å². The van der Waals surface area contributed by atoms with Crippen LogP contribution in [0.5, 0.6) is 0 Å². The van der Waals surface area contributed by atoms with Crippen molar-refractivity contribution >= 4 is 0 Å². The van der Waals surface area contributed by atoms with E-state index in [1.807, 2.05) is 24.3 Å². The third-order valence-corrected chi connectivity index (χ3v) is 4.29. The zero-order valence-electron chi connectivity index (χ0n) is 14.9. The quantitative estimate of drug-likeness (QED) is 0.750. The van der Waals surface area contributed by atoms with E-state index in [0.29, 0.717) is 25.4 Å². The lowest BCUT2D eigenvalue weighted by molar-refractivity contribution is -0.0425. The van der Waals surface area contributed by atoms with Gasteiger partial charge in [-0.3, -0.25) is 4.84 Å². The van der Waals surface area contributed by atoms with Crippen LogP contribution in [0.15, 0.2) is 60.7 Å². The summed E-state index contributed by atoms with van der Waals surface area (Å²) in [5, 5.41) is 7.00. The summed E-state index contributed by atoms with van der Waals surface area (Å²) in [7, 11) is 1.00. The number of ether oxygens (including phenoxy) is 1. The molecule has 0 aliphatic heterocycles. The van der Waals surface area contributed by atoms with Crippen molar-refractivity contribution in [3.63, 3.8) is 0 Å². The molecule has 1 fully saturated rings. The molecule has 3 rings (SSSR count). The SMILES string of the molecule is CO.c1ccc(CONC2CCCC(OCc3ccccc3)C2)cc1. The van der Waals surface area contributed by atoms with Gasteiger partial charge in [-0.15, -0.1) is 0 Å². The number of benzene rings is 2. The van der Waals surface area contributed by atoms with Gasteiger partial charge in [0.1, 0.15) is 0 Å². The van der Waals surface area contributed by atoms with E-state index >= 15 is 0 Å². The molecule has 1 aliphatic rings. The molecule has 0 bridgehead atoms. The molecule has 2 atom stereocenters. The van der Waals surface area contributed by atoms with E-state index in [1.165, 1.54) is 17.5 Å². The Hall–Kier alpha value is -1.72. The molecule has 0 saturated heterocycles. The van der Waals surface area contributed by atoms with Crippen molar-refractivity contribution in [1.82, 2.24) is 5.48 Å². The van der Waals surface area contributed by atoms with Crippen LogP contribution in [0, 0.1) is 0 Å². The number of hydroxylamine groups is 1. The first-order valence-corrected chi connectivity index (χ1v) is 8.91. The summed E-state index contributed by atoms with van der Waals surface area (Å²) in [5.41, 5.74) is 5.64.